The fourth-order valence-corrected chi connectivity index (χ4v) is 3.44. The van der Waals surface area contributed by atoms with Gasteiger partial charge in [-0.3, -0.25) is 9.59 Å². The zero-order chi connectivity index (χ0) is 20.1. The van der Waals surface area contributed by atoms with Crippen LogP contribution < -0.4 is 10.1 Å². The lowest BCUT2D eigenvalue weighted by molar-refractivity contribution is -0.131. The second-order valence-corrected chi connectivity index (χ2v) is 7.72. The molecule has 1 fully saturated rings. The normalized spacial score (nSPS) is 14.6. The average molecular weight is 468 g/mol. The Morgan fingerprint density at radius 2 is 2.00 bits per heavy atom. The molecule has 1 aliphatic heterocycles. The Balaban J connectivity index is 1.65. The molecule has 2 heterocycles. The van der Waals surface area contributed by atoms with Crippen LogP contribution in [0.3, 0.4) is 0 Å². The van der Waals surface area contributed by atoms with Crippen LogP contribution in [0.4, 0.5) is 0 Å². The maximum absolute atomic E-state index is 12.6. The van der Waals surface area contributed by atoms with Crippen LogP contribution in [0, 0.1) is 0 Å². The maximum atomic E-state index is 12.6. The summed E-state index contributed by atoms with van der Waals surface area (Å²) in [5.74, 6) is -0.0371. The van der Waals surface area contributed by atoms with Crippen molar-refractivity contribution in [1.82, 2.24) is 20.1 Å². The van der Waals surface area contributed by atoms with Crippen LogP contribution in [0.2, 0.25) is 5.02 Å². The van der Waals surface area contributed by atoms with Gasteiger partial charge in [0.25, 0.3) is 5.91 Å². The number of piperazine rings is 1. The SMILES string of the molecule is CN1CCN(C(=O)CNC(=O)c2cccnc2Oc2ccc(Br)cc2Cl)CC1. The van der Waals surface area contributed by atoms with Gasteiger partial charge in [-0.05, 0) is 37.4 Å². The van der Waals surface area contributed by atoms with E-state index < -0.39 is 5.91 Å². The van der Waals surface area contributed by atoms with Gasteiger partial charge in [0.2, 0.25) is 11.8 Å². The summed E-state index contributed by atoms with van der Waals surface area (Å²) in [7, 11) is 2.02. The Hall–Kier alpha value is -2.16. The molecular formula is C19H20BrClN4O3. The molecule has 1 N–H and O–H groups in total. The highest BCUT2D eigenvalue weighted by atomic mass is 79.9. The summed E-state index contributed by atoms with van der Waals surface area (Å²) in [6, 6.07) is 8.37. The minimum absolute atomic E-state index is 0.0735. The molecule has 7 nitrogen and oxygen atoms in total. The van der Waals surface area contributed by atoms with Crippen LogP contribution >= 0.6 is 27.5 Å². The highest BCUT2D eigenvalue weighted by molar-refractivity contribution is 9.10. The molecule has 2 aromatic rings. The standard InChI is InChI=1S/C19H20BrClN4O3/c1-24-7-9-25(10-8-24)17(26)12-23-18(27)14-3-2-6-22-19(14)28-16-5-4-13(20)11-15(16)21/h2-6,11H,7-10,12H2,1H3,(H,23,27). The minimum Gasteiger partial charge on any atom is -0.437 e. The lowest BCUT2D eigenvalue weighted by atomic mass is 10.2. The molecule has 0 bridgehead atoms. The number of rotatable bonds is 5. The van der Waals surface area contributed by atoms with Crippen LogP contribution in [0.15, 0.2) is 41.0 Å². The first-order valence-electron chi connectivity index (χ1n) is 8.76. The molecule has 28 heavy (non-hydrogen) atoms. The monoisotopic (exact) mass is 466 g/mol. The van der Waals surface area contributed by atoms with Gasteiger partial charge in [-0.1, -0.05) is 27.5 Å². The van der Waals surface area contributed by atoms with E-state index in [1.54, 1.807) is 35.2 Å². The van der Waals surface area contributed by atoms with E-state index in [-0.39, 0.29) is 23.9 Å². The van der Waals surface area contributed by atoms with Crippen LogP contribution in [-0.4, -0.2) is 66.4 Å². The highest BCUT2D eigenvalue weighted by Gasteiger charge is 2.21. The van der Waals surface area contributed by atoms with Crippen LogP contribution in [0.5, 0.6) is 11.6 Å². The van der Waals surface area contributed by atoms with E-state index in [9.17, 15) is 9.59 Å². The molecule has 1 aliphatic rings. The van der Waals surface area contributed by atoms with Gasteiger partial charge in [0.05, 0.1) is 11.6 Å². The number of likely N-dealkylation sites (N-methyl/N-ethyl adjacent to an activating group) is 1. The molecule has 9 heteroatoms. The van der Waals surface area contributed by atoms with Crippen molar-refractivity contribution in [1.29, 1.82) is 0 Å². The number of nitrogens with one attached hydrogen (secondary N) is 1. The van der Waals surface area contributed by atoms with Crippen molar-refractivity contribution in [3.63, 3.8) is 0 Å². The van der Waals surface area contributed by atoms with Gasteiger partial charge in [-0.2, -0.15) is 0 Å². The van der Waals surface area contributed by atoms with Crippen LogP contribution in [-0.2, 0) is 4.79 Å². The van der Waals surface area contributed by atoms with Crippen molar-refractivity contribution in [3.05, 3.63) is 51.6 Å². The van der Waals surface area contributed by atoms with E-state index in [0.717, 1.165) is 17.6 Å². The molecule has 0 aliphatic carbocycles. The highest BCUT2D eigenvalue weighted by Crippen LogP contribution is 2.32. The molecule has 0 saturated carbocycles. The van der Waals surface area contributed by atoms with Crippen LogP contribution in [0.25, 0.3) is 0 Å². The summed E-state index contributed by atoms with van der Waals surface area (Å²) in [5.41, 5.74) is 0.229. The molecule has 0 radical (unpaired) electrons. The van der Waals surface area contributed by atoms with E-state index >= 15 is 0 Å². The fourth-order valence-electron chi connectivity index (χ4n) is 2.73. The van der Waals surface area contributed by atoms with E-state index in [1.807, 2.05) is 7.05 Å². The number of hydrogen-bond donors (Lipinski definition) is 1. The number of halogens is 2. The molecule has 0 spiro atoms. The van der Waals surface area contributed by atoms with Crippen molar-refractivity contribution < 1.29 is 14.3 Å². The summed E-state index contributed by atoms with van der Waals surface area (Å²) < 4.78 is 6.54. The molecule has 0 unspecified atom stereocenters. The summed E-state index contributed by atoms with van der Waals surface area (Å²) >= 11 is 9.50. The van der Waals surface area contributed by atoms with Crippen LogP contribution in [0.1, 0.15) is 10.4 Å². The van der Waals surface area contributed by atoms with E-state index in [0.29, 0.717) is 23.9 Å². The van der Waals surface area contributed by atoms with E-state index in [4.69, 9.17) is 16.3 Å². The third kappa shape index (κ3) is 5.21. The van der Waals surface area contributed by atoms with E-state index in [2.05, 4.69) is 31.1 Å². The Bertz CT molecular complexity index is 872. The molecule has 1 saturated heterocycles. The van der Waals surface area contributed by atoms with Gasteiger partial charge in [-0.25, -0.2) is 4.98 Å². The van der Waals surface area contributed by atoms with Gasteiger partial charge in [0.15, 0.2) is 0 Å². The predicted molar refractivity (Wildman–Crippen MR) is 110 cm³/mol. The second kappa shape index (κ2) is 9.36. The molecule has 3 rings (SSSR count). The molecule has 1 aromatic carbocycles. The number of carbonyl (C=O) groups excluding carboxylic acids is 2. The first-order valence-corrected chi connectivity index (χ1v) is 9.93. The predicted octanol–water partition coefficient (Wildman–Crippen LogP) is 2.79. The lowest BCUT2D eigenvalue weighted by Crippen LogP contribution is -2.50. The summed E-state index contributed by atoms with van der Waals surface area (Å²) in [6.07, 6.45) is 1.52. The number of hydrogen-bond acceptors (Lipinski definition) is 5. The van der Waals surface area contributed by atoms with Gasteiger partial charge >= 0.3 is 0 Å². The number of aromatic nitrogens is 1. The molecule has 0 atom stereocenters. The van der Waals surface area contributed by atoms with Crippen molar-refractivity contribution >= 4 is 39.3 Å². The van der Waals surface area contributed by atoms with Crippen molar-refractivity contribution in [2.24, 2.45) is 0 Å². The summed E-state index contributed by atoms with van der Waals surface area (Å²) in [6.45, 7) is 2.90. The number of carbonyl (C=O) groups is 2. The smallest absolute Gasteiger partial charge is 0.257 e. The molecular weight excluding hydrogens is 448 g/mol. The Kier molecular flexibility index (Phi) is 6.88. The number of nitrogens with zero attached hydrogens (tertiary/aromatic N) is 3. The van der Waals surface area contributed by atoms with E-state index in [1.165, 1.54) is 6.20 Å². The molecule has 2 amide bonds. The topological polar surface area (TPSA) is 74.8 Å². The third-order valence-corrected chi connectivity index (χ3v) is 5.16. The van der Waals surface area contributed by atoms with Crippen molar-refractivity contribution in [2.75, 3.05) is 39.8 Å². The Labute approximate surface area is 176 Å². The number of pyridine rings is 1. The van der Waals surface area contributed by atoms with Gasteiger partial charge in [0.1, 0.15) is 11.3 Å². The zero-order valence-electron chi connectivity index (χ0n) is 15.3. The number of benzene rings is 1. The maximum Gasteiger partial charge on any atom is 0.257 e. The number of ether oxygens (including phenoxy) is 1. The van der Waals surface area contributed by atoms with Gasteiger partial charge in [0, 0.05) is 36.8 Å². The average Bonchev–Trinajstić information content (AvgIpc) is 2.69. The van der Waals surface area contributed by atoms with Crippen molar-refractivity contribution in [3.8, 4) is 11.6 Å². The number of amides is 2. The van der Waals surface area contributed by atoms with Gasteiger partial charge < -0.3 is 19.9 Å². The zero-order valence-corrected chi connectivity index (χ0v) is 17.7. The quantitative estimate of drug-likeness (QED) is 0.732. The minimum atomic E-state index is -0.432. The van der Waals surface area contributed by atoms with Gasteiger partial charge in [-0.15, -0.1) is 0 Å². The molecule has 1 aromatic heterocycles. The summed E-state index contributed by atoms with van der Waals surface area (Å²) in [5, 5.41) is 3.04. The lowest BCUT2D eigenvalue weighted by Gasteiger charge is -2.32. The second-order valence-electron chi connectivity index (χ2n) is 6.40. The Morgan fingerprint density at radius 1 is 1.25 bits per heavy atom. The Morgan fingerprint density at radius 3 is 2.71 bits per heavy atom. The largest absolute Gasteiger partial charge is 0.437 e. The fraction of sp³-hybridized carbons (Fsp3) is 0.316. The third-order valence-electron chi connectivity index (χ3n) is 4.37. The first kappa shape index (κ1) is 20.6. The first-order chi connectivity index (χ1) is 13.4. The van der Waals surface area contributed by atoms with Crippen molar-refractivity contribution in [2.45, 2.75) is 0 Å². The summed E-state index contributed by atoms with van der Waals surface area (Å²) in [4.78, 5) is 32.9. The molecule has 148 valence electrons.